The van der Waals surface area contributed by atoms with Gasteiger partial charge in [0.1, 0.15) is 24.3 Å². The second-order valence-corrected chi connectivity index (χ2v) is 5.26. The van der Waals surface area contributed by atoms with Crippen LogP contribution in [0.3, 0.4) is 0 Å². The molecule has 1 fully saturated rings. The molecule has 0 spiro atoms. The molecule has 1 aliphatic rings. The Morgan fingerprint density at radius 3 is 3.04 bits per heavy atom. The minimum atomic E-state index is -1.73. The SMILES string of the molecule is CCOC(=O)N[C@@]1(n2cnc3c(N)ncnc32)O[C@H](CO)C[C@H]1O. The number of nitrogens with one attached hydrogen (secondary N) is 1. The Kier molecular flexibility index (Phi) is 4.22. The molecule has 0 radical (unpaired) electrons. The largest absolute Gasteiger partial charge is 0.450 e. The highest BCUT2D eigenvalue weighted by Crippen LogP contribution is 2.35. The van der Waals surface area contributed by atoms with Crippen LogP contribution in [0.15, 0.2) is 12.7 Å². The summed E-state index contributed by atoms with van der Waals surface area (Å²) in [5, 5.41) is 22.4. The number of aliphatic hydroxyl groups is 2. The summed E-state index contributed by atoms with van der Waals surface area (Å²) < 4.78 is 12.0. The highest BCUT2D eigenvalue weighted by Gasteiger charge is 2.52. The van der Waals surface area contributed by atoms with Crippen LogP contribution < -0.4 is 11.1 Å². The zero-order chi connectivity index (χ0) is 17.3. The number of hydrogen-bond acceptors (Lipinski definition) is 9. The lowest BCUT2D eigenvalue weighted by Crippen LogP contribution is -2.56. The normalized spacial score (nSPS) is 26.6. The van der Waals surface area contributed by atoms with Crippen molar-refractivity contribution in [1.29, 1.82) is 0 Å². The molecular formula is C13H18N6O5. The van der Waals surface area contributed by atoms with Gasteiger partial charge in [-0.2, -0.15) is 0 Å². The average Bonchev–Trinajstić information content (AvgIpc) is 3.11. The second kappa shape index (κ2) is 6.19. The van der Waals surface area contributed by atoms with Gasteiger partial charge in [-0.05, 0) is 6.92 Å². The molecule has 0 bridgehead atoms. The number of ether oxygens (including phenoxy) is 2. The number of carbonyl (C=O) groups excluding carboxylic acids is 1. The van der Waals surface area contributed by atoms with Gasteiger partial charge < -0.3 is 25.4 Å². The highest BCUT2D eigenvalue weighted by atomic mass is 16.6. The van der Waals surface area contributed by atoms with Crippen molar-refractivity contribution in [3.05, 3.63) is 12.7 Å². The maximum atomic E-state index is 12.0. The van der Waals surface area contributed by atoms with Crippen molar-refractivity contribution in [2.75, 3.05) is 18.9 Å². The molecule has 3 rings (SSSR count). The fourth-order valence-corrected chi connectivity index (χ4v) is 2.70. The lowest BCUT2D eigenvalue weighted by molar-refractivity contribution is -0.162. The smallest absolute Gasteiger partial charge is 0.410 e. The minimum absolute atomic E-state index is 0.100. The number of hydrogen-bond donors (Lipinski definition) is 4. The van der Waals surface area contributed by atoms with Crippen LogP contribution in [0.25, 0.3) is 11.2 Å². The van der Waals surface area contributed by atoms with E-state index in [-0.39, 0.29) is 31.1 Å². The van der Waals surface area contributed by atoms with E-state index in [0.29, 0.717) is 5.52 Å². The molecule has 0 aromatic carbocycles. The number of rotatable bonds is 4. The summed E-state index contributed by atoms with van der Waals surface area (Å²) in [5.41, 5.74) is 6.32. The summed E-state index contributed by atoms with van der Waals surface area (Å²) in [4.78, 5) is 24.0. The molecule has 1 amide bonds. The van der Waals surface area contributed by atoms with Crippen molar-refractivity contribution >= 4 is 23.1 Å². The first-order valence-corrected chi connectivity index (χ1v) is 7.37. The maximum Gasteiger partial charge on any atom is 0.410 e. The Balaban J connectivity index is 2.10. The number of nitrogens with zero attached hydrogens (tertiary/aromatic N) is 4. The van der Waals surface area contributed by atoms with Gasteiger partial charge in [-0.1, -0.05) is 0 Å². The third-order valence-electron chi connectivity index (χ3n) is 3.76. The second-order valence-electron chi connectivity index (χ2n) is 5.26. The highest BCUT2D eigenvalue weighted by molar-refractivity contribution is 5.81. The Morgan fingerprint density at radius 1 is 1.58 bits per heavy atom. The zero-order valence-electron chi connectivity index (χ0n) is 12.9. The van der Waals surface area contributed by atoms with Gasteiger partial charge in [0, 0.05) is 6.42 Å². The molecular weight excluding hydrogens is 320 g/mol. The number of alkyl carbamates (subject to hydrolysis) is 1. The van der Waals surface area contributed by atoms with Crippen molar-refractivity contribution in [3.8, 4) is 0 Å². The lowest BCUT2D eigenvalue weighted by Gasteiger charge is -2.33. The van der Waals surface area contributed by atoms with Crippen LogP contribution >= 0.6 is 0 Å². The Morgan fingerprint density at radius 2 is 2.38 bits per heavy atom. The third-order valence-corrected chi connectivity index (χ3v) is 3.76. The minimum Gasteiger partial charge on any atom is -0.450 e. The molecule has 2 aromatic heterocycles. The van der Waals surface area contributed by atoms with E-state index in [9.17, 15) is 15.0 Å². The molecule has 0 unspecified atom stereocenters. The molecule has 24 heavy (non-hydrogen) atoms. The molecule has 2 aromatic rings. The number of nitrogens with two attached hydrogens (primary N) is 1. The predicted molar refractivity (Wildman–Crippen MR) is 80.4 cm³/mol. The number of anilines is 1. The third kappa shape index (κ3) is 2.52. The predicted octanol–water partition coefficient (Wildman–Crippen LogP) is -1.09. The van der Waals surface area contributed by atoms with Gasteiger partial charge in [0.15, 0.2) is 11.5 Å². The number of nitrogen functional groups attached to an aromatic ring is 1. The fraction of sp³-hybridized carbons (Fsp3) is 0.538. The first-order chi connectivity index (χ1) is 11.5. The van der Waals surface area contributed by atoms with E-state index in [1.165, 1.54) is 17.2 Å². The van der Waals surface area contributed by atoms with Crippen LogP contribution in [0.5, 0.6) is 0 Å². The number of aliphatic hydroxyl groups excluding tert-OH is 2. The quantitative estimate of drug-likeness (QED) is 0.543. The molecule has 11 nitrogen and oxygen atoms in total. The van der Waals surface area contributed by atoms with Crippen LogP contribution in [0.1, 0.15) is 13.3 Å². The number of aromatic nitrogens is 4. The van der Waals surface area contributed by atoms with Gasteiger partial charge in [-0.25, -0.2) is 19.7 Å². The van der Waals surface area contributed by atoms with E-state index in [0.717, 1.165) is 0 Å². The van der Waals surface area contributed by atoms with E-state index < -0.39 is 24.2 Å². The molecule has 3 heterocycles. The first kappa shape index (κ1) is 16.4. The van der Waals surface area contributed by atoms with Crippen molar-refractivity contribution in [2.24, 2.45) is 0 Å². The van der Waals surface area contributed by atoms with Crippen molar-refractivity contribution in [3.63, 3.8) is 0 Å². The summed E-state index contributed by atoms with van der Waals surface area (Å²) in [6.45, 7) is 1.46. The summed E-state index contributed by atoms with van der Waals surface area (Å²) >= 11 is 0. The average molecular weight is 338 g/mol. The fourth-order valence-electron chi connectivity index (χ4n) is 2.70. The summed E-state index contributed by atoms with van der Waals surface area (Å²) in [6.07, 6.45) is 0.0116. The molecule has 130 valence electrons. The van der Waals surface area contributed by atoms with E-state index in [1.54, 1.807) is 6.92 Å². The number of carbonyl (C=O) groups is 1. The van der Waals surface area contributed by atoms with Gasteiger partial charge in [-0.3, -0.25) is 9.88 Å². The van der Waals surface area contributed by atoms with Gasteiger partial charge in [0.2, 0.25) is 0 Å². The maximum absolute atomic E-state index is 12.0. The molecule has 11 heteroatoms. The Labute approximate surface area is 136 Å². The van der Waals surface area contributed by atoms with E-state index in [4.69, 9.17) is 15.2 Å². The summed E-state index contributed by atoms with van der Waals surface area (Å²) in [6, 6.07) is 0. The van der Waals surface area contributed by atoms with Crippen LogP contribution in [-0.4, -0.2) is 61.2 Å². The van der Waals surface area contributed by atoms with Crippen molar-refractivity contribution < 1.29 is 24.5 Å². The van der Waals surface area contributed by atoms with Gasteiger partial charge >= 0.3 is 6.09 Å². The van der Waals surface area contributed by atoms with Gasteiger partial charge in [0.25, 0.3) is 5.85 Å². The van der Waals surface area contributed by atoms with Crippen molar-refractivity contribution in [2.45, 2.75) is 31.4 Å². The van der Waals surface area contributed by atoms with Crippen LogP contribution in [0.2, 0.25) is 0 Å². The summed E-state index contributed by atoms with van der Waals surface area (Å²) in [5.74, 6) is -1.58. The molecule has 0 saturated carbocycles. The zero-order valence-corrected chi connectivity index (χ0v) is 12.9. The van der Waals surface area contributed by atoms with E-state index in [2.05, 4.69) is 20.3 Å². The molecule has 0 aliphatic carbocycles. The number of amides is 1. The van der Waals surface area contributed by atoms with Crippen LogP contribution in [0, 0.1) is 0 Å². The lowest BCUT2D eigenvalue weighted by atomic mass is 10.1. The van der Waals surface area contributed by atoms with Gasteiger partial charge in [0.05, 0.1) is 19.3 Å². The molecule has 1 saturated heterocycles. The van der Waals surface area contributed by atoms with E-state index >= 15 is 0 Å². The topological polar surface area (TPSA) is 158 Å². The Bertz CT molecular complexity index is 752. The Hall–Kier alpha value is -2.50. The molecule has 5 N–H and O–H groups in total. The van der Waals surface area contributed by atoms with Crippen LogP contribution in [-0.2, 0) is 15.3 Å². The molecule has 1 aliphatic heterocycles. The summed E-state index contributed by atoms with van der Waals surface area (Å²) in [7, 11) is 0. The first-order valence-electron chi connectivity index (χ1n) is 7.37. The standard InChI is InChI=1S/C13H18N6O5/c1-2-23-12(22)18-13(8(21)3-7(4-20)24-13)19-6-17-9-10(14)15-5-16-11(9)19/h5-8,20-21H,2-4H2,1H3,(H,18,22)(H2,14,15,16)/t7-,8+,13-/m0/s1. The number of imidazole rings is 1. The monoisotopic (exact) mass is 338 g/mol. The van der Waals surface area contributed by atoms with E-state index in [1.807, 2.05) is 0 Å². The van der Waals surface area contributed by atoms with Crippen LogP contribution in [0.4, 0.5) is 10.6 Å². The molecule has 3 atom stereocenters. The number of fused-ring (bicyclic) bond motifs is 1. The van der Waals surface area contributed by atoms with Gasteiger partial charge in [-0.15, -0.1) is 0 Å². The van der Waals surface area contributed by atoms with Crippen molar-refractivity contribution in [1.82, 2.24) is 24.8 Å².